The SMILES string of the molecule is CCCCC(C(=O)N1CCCCC1c1cc2nc(N3CCC(N)C3)c(C)cn2n1)C(N)CCC(C)(CCC)CCCC. The van der Waals surface area contributed by atoms with Gasteiger partial charge >= 0.3 is 0 Å². The zero-order valence-corrected chi connectivity index (χ0v) is 27.3. The van der Waals surface area contributed by atoms with E-state index in [1.54, 1.807) is 0 Å². The van der Waals surface area contributed by atoms with Crippen molar-refractivity contribution in [3.05, 3.63) is 23.5 Å². The molecule has 42 heavy (non-hydrogen) atoms. The fourth-order valence-corrected chi connectivity index (χ4v) is 7.44. The zero-order valence-electron chi connectivity index (χ0n) is 27.3. The molecule has 5 unspecified atom stereocenters. The molecule has 236 valence electrons. The first-order valence-corrected chi connectivity index (χ1v) is 17.1. The van der Waals surface area contributed by atoms with Crippen LogP contribution in [0.4, 0.5) is 5.82 Å². The van der Waals surface area contributed by atoms with E-state index < -0.39 is 0 Å². The van der Waals surface area contributed by atoms with Gasteiger partial charge in [0.15, 0.2) is 5.65 Å². The monoisotopic (exact) mass is 581 g/mol. The number of fused-ring (bicyclic) bond motifs is 1. The van der Waals surface area contributed by atoms with Gasteiger partial charge in [0.05, 0.1) is 17.7 Å². The maximum absolute atomic E-state index is 14.4. The number of hydrogen-bond acceptors (Lipinski definition) is 6. The smallest absolute Gasteiger partial charge is 0.227 e. The van der Waals surface area contributed by atoms with Crippen LogP contribution >= 0.6 is 0 Å². The average molecular weight is 582 g/mol. The second kappa shape index (κ2) is 15.0. The largest absolute Gasteiger partial charge is 0.355 e. The third-order valence-electron chi connectivity index (χ3n) is 10.0. The van der Waals surface area contributed by atoms with Gasteiger partial charge in [0.2, 0.25) is 5.91 Å². The van der Waals surface area contributed by atoms with E-state index in [0.29, 0.717) is 5.41 Å². The third kappa shape index (κ3) is 7.85. The van der Waals surface area contributed by atoms with Crippen molar-refractivity contribution in [3.63, 3.8) is 0 Å². The summed E-state index contributed by atoms with van der Waals surface area (Å²) in [5, 5.41) is 4.98. The molecule has 2 aliphatic heterocycles. The summed E-state index contributed by atoms with van der Waals surface area (Å²) < 4.78 is 1.90. The van der Waals surface area contributed by atoms with Crippen molar-refractivity contribution in [2.24, 2.45) is 22.8 Å². The molecule has 1 amide bonds. The first kappa shape index (κ1) is 32.7. The minimum absolute atomic E-state index is 0.0249. The van der Waals surface area contributed by atoms with Gasteiger partial charge in [-0.15, -0.1) is 0 Å². The molecule has 0 aromatic carbocycles. The summed E-state index contributed by atoms with van der Waals surface area (Å²) in [5.41, 5.74) is 16.3. The highest BCUT2D eigenvalue weighted by molar-refractivity contribution is 5.80. The summed E-state index contributed by atoms with van der Waals surface area (Å²) in [7, 11) is 0. The standard InChI is InChI=1S/C34H59N7O/c1-6-9-13-27(28(36)15-19-34(5,17-8-3)18-10-7-2)33(42)40-20-12-11-14-30(40)29-22-31-37-32(25(4)23-41(31)38-29)39-21-16-26(35)24-39/h22-23,26-28,30H,6-21,24,35-36H2,1-5H3. The zero-order chi connectivity index (χ0) is 30.3. The summed E-state index contributed by atoms with van der Waals surface area (Å²) in [5.74, 6) is 1.10. The van der Waals surface area contributed by atoms with Crippen LogP contribution in [-0.4, -0.2) is 57.1 Å². The Bertz CT molecular complexity index is 1150. The van der Waals surface area contributed by atoms with Gasteiger partial charge in [0.25, 0.3) is 0 Å². The van der Waals surface area contributed by atoms with Gasteiger partial charge in [0.1, 0.15) is 5.82 Å². The quantitative estimate of drug-likeness (QED) is 0.247. The third-order valence-corrected chi connectivity index (χ3v) is 10.0. The Morgan fingerprint density at radius 3 is 2.52 bits per heavy atom. The molecule has 0 bridgehead atoms. The Hall–Kier alpha value is -2.19. The van der Waals surface area contributed by atoms with E-state index >= 15 is 0 Å². The van der Waals surface area contributed by atoms with Crippen molar-refractivity contribution in [1.29, 1.82) is 0 Å². The molecule has 8 nitrogen and oxygen atoms in total. The van der Waals surface area contributed by atoms with Crippen LogP contribution in [0.15, 0.2) is 12.3 Å². The van der Waals surface area contributed by atoms with Crippen LogP contribution in [0.25, 0.3) is 5.65 Å². The number of carbonyl (C=O) groups excluding carboxylic acids is 1. The maximum atomic E-state index is 14.4. The molecular weight excluding hydrogens is 522 g/mol. The average Bonchev–Trinajstić information content (AvgIpc) is 3.60. The normalized spacial score (nSPS) is 22.5. The van der Waals surface area contributed by atoms with Gasteiger partial charge in [-0.25, -0.2) is 9.50 Å². The molecule has 2 saturated heterocycles. The Morgan fingerprint density at radius 2 is 1.83 bits per heavy atom. The van der Waals surface area contributed by atoms with Crippen LogP contribution in [-0.2, 0) is 4.79 Å². The summed E-state index contributed by atoms with van der Waals surface area (Å²) in [4.78, 5) is 23.8. The van der Waals surface area contributed by atoms with Crippen LogP contribution in [0, 0.1) is 18.3 Å². The number of rotatable bonds is 15. The van der Waals surface area contributed by atoms with Gasteiger partial charge in [-0.05, 0) is 70.1 Å². The predicted molar refractivity (Wildman–Crippen MR) is 174 cm³/mol. The lowest BCUT2D eigenvalue weighted by molar-refractivity contribution is -0.140. The van der Waals surface area contributed by atoms with Gasteiger partial charge in [-0.1, -0.05) is 59.8 Å². The van der Waals surface area contributed by atoms with Crippen LogP contribution in [0.2, 0.25) is 0 Å². The van der Waals surface area contributed by atoms with Gasteiger partial charge in [0, 0.05) is 49.5 Å². The number of aryl methyl sites for hydroxylation is 1. The van der Waals surface area contributed by atoms with Gasteiger partial charge < -0.3 is 21.3 Å². The highest BCUT2D eigenvalue weighted by Crippen LogP contribution is 2.38. The second-order valence-corrected chi connectivity index (χ2v) is 13.8. The number of unbranched alkanes of at least 4 members (excludes halogenated alkanes) is 2. The first-order chi connectivity index (χ1) is 20.2. The Balaban J connectivity index is 1.53. The van der Waals surface area contributed by atoms with Crippen LogP contribution in [0.1, 0.15) is 135 Å². The maximum Gasteiger partial charge on any atom is 0.227 e. The Kier molecular flexibility index (Phi) is 11.7. The number of likely N-dealkylation sites (tertiary alicyclic amines) is 1. The van der Waals surface area contributed by atoms with E-state index in [0.717, 1.165) is 100 Å². The van der Waals surface area contributed by atoms with E-state index in [2.05, 4.69) is 56.7 Å². The molecule has 8 heteroatoms. The highest BCUT2D eigenvalue weighted by Gasteiger charge is 2.37. The van der Waals surface area contributed by atoms with Crippen molar-refractivity contribution in [2.45, 2.75) is 143 Å². The van der Waals surface area contributed by atoms with Crippen molar-refractivity contribution >= 4 is 17.4 Å². The van der Waals surface area contributed by atoms with Crippen molar-refractivity contribution in [3.8, 4) is 0 Å². The van der Waals surface area contributed by atoms with E-state index in [1.165, 1.54) is 32.1 Å². The molecular formula is C34H59N7O. The molecule has 0 saturated carbocycles. The number of hydrogen-bond donors (Lipinski definition) is 2. The topological polar surface area (TPSA) is 106 Å². The van der Waals surface area contributed by atoms with Crippen LogP contribution < -0.4 is 16.4 Å². The Labute approximate surface area is 255 Å². The number of nitrogens with zero attached hydrogens (tertiary/aromatic N) is 5. The lowest BCUT2D eigenvalue weighted by atomic mass is 9.75. The van der Waals surface area contributed by atoms with E-state index in [-0.39, 0.29) is 30.0 Å². The molecule has 4 N–H and O–H groups in total. The minimum Gasteiger partial charge on any atom is -0.355 e. The molecule has 2 aromatic rings. The molecule has 2 aliphatic rings. The Morgan fingerprint density at radius 1 is 1.05 bits per heavy atom. The molecule has 4 rings (SSSR count). The highest BCUT2D eigenvalue weighted by atomic mass is 16.2. The van der Waals surface area contributed by atoms with E-state index in [9.17, 15) is 4.79 Å². The number of aromatic nitrogens is 3. The molecule has 4 heterocycles. The number of nitrogens with two attached hydrogens (primary N) is 2. The minimum atomic E-state index is -0.133. The molecule has 2 fully saturated rings. The number of anilines is 1. The summed E-state index contributed by atoms with van der Waals surface area (Å²) in [6.07, 6.45) is 17.3. The predicted octanol–water partition coefficient (Wildman–Crippen LogP) is 6.54. The van der Waals surface area contributed by atoms with Crippen molar-refractivity contribution < 1.29 is 4.79 Å². The summed E-state index contributed by atoms with van der Waals surface area (Å²) in [6, 6.07) is 2.17. The van der Waals surface area contributed by atoms with E-state index in [1.807, 2.05) is 4.52 Å². The van der Waals surface area contributed by atoms with Crippen molar-refractivity contribution in [1.82, 2.24) is 19.5 Å². The summed E-state index contributed by atoms with van der Waals surface area (Å²) in [6.45, 7) is 13.8. The molecule has 2 aromatic heterocycles. The fraction of sp³-hybridized carbons (Fsp3) is 0.794. The van der Waals surface area contributed by atoms with Crippen LogP contribution in [0.3, 0.4) is 0 Å². The summed E-state index contributed by atoms with van der Waals surface area (Å²) >= 11 is 0. The second-order valence-electron chi connectivity index (χ2n) is 13.8. The van der Waals surface area contributed by atoms with Crippen molar-refractivity contribution in [2.75, 3.05) is 24.5 Å². The molecule has 0 aliphatic carbocycles. The number of piperidine rings is 1. The number of carbonyl (C=O) groups is 1. The van der Waals surface area contributed by atoms with Crippen LogP contribution in [0.5, 0.6) is 0 Å². The fourth-order valence-electron chi connectivity index (χ4n) is 7.44. The first-order valence-electron chi connectivity index (χ1n) is 17.1. The lowest BCUT2D eigenvalue weighted by Crippen LogP contribution is -2.47. The van der Waals surface area contributed by atoms with Gasteiger partial charge in [-0.3, -0.25) is 4.79 Å². The van der Waals surface area contributed by atoms with Gasteiger partial charge in [-0.2, -0.15) is 5.10 Å². The molecule has 0 radical (unpaired) electrons. The molecule has 0 spiro atoms. The van der Waals surface area contributed by atoms with E-state index in [4.69, 9.17) is 21.5 Å². The lowest BCUT2D eigenvalue weighted by Gasteiger charge is -2.39. The number of amides is 1. The molecule has 5 atom stereocenters.